The minimum atomic E-state index is -0.844. The molecule has 1 amide bonds. The van der Waals surface area contributed by atoms with Crippen LogP contribution in [0.3, 0.4) is 0 Å². The van der Waals surface area contributed by atoms with E-state index in [9.17, 15) is 19.8 Å². The highest BCUT2D eigenvalue weighted by molar-refractivity contribution is 5.76. The van der Waals surface area contributed by atoms with Gasteiger partial charge >= 0.3 is 5.97 Å². The van der Waals surface area contributed by atoms with E-state index in [1.807, 2.05) is 6.08 Å². The number of esters is 1. The molecular formula is C77H147NO5. The van der Waals surface area contributed by atoms with Crippen LogP contribution in [0.2, 0.25) is 0 Å². The number of carbonyl (C=O) groups excluding carboxylic acids is 2. The number of rotatable bonds is 71. The van der Waals surface area contributed by atoms with Crippen molar-refractivity contribution in [1.29, 1.82) is 0 Å². The first kappa shape index (κ1) is 81.1. The Morgan fingerprint density at radius 1 is 0.337 bits per heavy atom. The number of aliphatic hydroxyl groups excluding tert-OH is 2. The third-order valence-corrected chi connectivity index (χ3v) is 17.7. The van der Waals surface area contributed by atoms with Crippen LogP contribution < -0.4 is 5.32 Å². The van der Waals surface area contributed by atoms with Crippen LogP contribution in [-0.4, -0.2) is 47.4 Å². The Hall–Kier alpha value is -1.92. The fourth-order valence-corrected chi connectivity index (χ4v) is 11.9. The molecule has 6 nitrogen and oxygen atoms in total. The molecule has 0 heterocycles. The molecule has 2 atom stereocenters. The summed E-state index contributed by atoms with van der Waals surface area (Å²) in [5.41, 5.74) is 0. The number of allylic oxidation sites excluding steroid dienone is 5. The van der Waals surface area contributed by atoms with Crippen LogP contribution in [0.5, 0.6) is 0 Å². The summed E-state index contributed by atoms with van der Waals surface area (Å²) in [6.07, 6.45) is 93.9. The van der Waals surface area contributed by atoms with Gasteiger partial charge in [0, 0.05) is 12.8 Å². The smallest absolute Gasteiger partial charge is 0.305 e. The molecule has 0 aromatic rings. The molecule has 3 N–H and O–H groups in total. The molecule has 0 aliphatic heterocycles. The number of hydrogen-bond acceptors (Lipinski definition) is 5. The first-order valence-electron chi connectivity index (χ1n) is 37.8. The van der Waals surface area contributed by atoms with Crippen molar-refractivity contribution in [1.82, 2.24) is 5.32 Å². The zero-order valence-corrected chi connectivity index (χ0v) is 56.2. The number of ether oxygens (including phenoxy) is 1. The zero-order chi connectivity index (χ0) is 59.9. The lowest BCUT2D eigenvalue weighted by molar-refractivity contribution is -0.143. The van der Waals surface area contributed by atoms with Crippen LogP contribution in [0, 0.1) is 0 Å². The molecule has 0 spiro atoms. The van der Waals surface area contributed by atoms with Gasteiger partial charge in [-0.25, -0.2) is 0 Å². The predicted molar refractivity (Wildman–Crippen MR) is 366 cm³/mol. The lowest BCUT2D eigenvalue weighted by atomic mass is 10.0. The monoisotopic (exact) mass is 1170 g/mol. The second-order valence-electron chi connectivity index (χ2n) is 26.0. The van der Waals surface area contributed by atoms with E-state index < -0.39 is 12.1 Å². The van der Waals surface area contributed by atoms with Gasteiger partial charge < -0.3 is 20.3 Å². The molecule has 0 rings (SSSR count). The first-order valence-corrected chi connectivity index (χ1v) is 37.8. The second-order valence-corrected chi connectivity index (χ2v) is 26.0. The van der Waals surface area contributed by atoms with Crippen molar-refractivity contribution < 1.29 is 24.5 Å². The van der Waals surface area contributed by atoms with E-state index in [0.29, 0.717) is 19.4 Å². The lowest BCUT2D eigenvalue weighted by Gasteiger charge is -2.20. The minimum Gasteiger partial charge on any atom is -0.466 e. The molecule has 0 saturated carbocycles. The van der Waals surface area contributed by atoms with Gasteiger partial charge in [0.25, 0.3) is 0 Å². The Bertz CT molecular complexity index is 1340. The molecule has 490 valence electrons. The topological polar surface area (TPSA) is 95.9 Å². The van der Waals surface area contributed by atoms with Crippen LogP contribution in [0.15, 0.2) is 36.5 Å². The largest absolute Gasteiger partial charge is 0.466 e. The summed E-state index contributed by atoms with van der Waals surface area (Å²) < 4.78 is 5.49. The summed E-state index contributed by atoms with van der Waals surface area (Å²) in [5, 5.41) is 23.3. The second kappa shape index (κ2) is 72.6. The van der Waals surface area contributed by atoms with E-state index in [0.717, 1.165) is 51.4 Å². The van der Waals surface area contributed by atoms with E-state index >= 15 is 0 Å². The molecule has 0 aliphatic rings. The van der Waals surface area contributed by atoms with E-state index in [1.165, 1.54) is 340 Å². The van der Waals surface area contributed by atoms with E-state index in [-0.39, 0.29) is 18.5 Å². The maximum Gasteiger partial charge on any atom is 0.305 e. The Morgan fingerprint density at radius 2 is 0.614 bits per heavy atom. The summed E-state index contributed by atoms with van der Waals surface area (Å²) >= 11 is 0. The van der Waals surface area contributed by atoms with Crippen molar-refractivity contribution in [3.05, 3.63) is 36.5 Å². The lowest BCUT2D eigenvalue weighted by Crippen LogP contribution is -2.45. The maximum atomic E-state index is 12.5. The third-order valence-electron chi connectivity index (χ3n) is 17.7. The summed E-state index contributed by atoms with van der Waals surface area (Å²) in [4.78, 5) is 24.6. The van der Waals surface area contributed by atoms with Gasteiger partial charge in [-0.15, -0.1) is 0 Å². The molecule has 0 aromatic heterocycles. The van der Waals surface area contributed by atoms with Gasteiger partial charge in [-0.1, -0.05) is 384 Å². The molecule has 0 aromatic carbocycles. The Balaban J connectivity index is 3.38. The van der Waals surface area contributed by atoms with Crippen molar-refractivity contribution in [2.75, 3.05) is 13.2 Å². The predicted octanol–water partition coefficient (Wildman–Crippen LogP) is 24.7. The average molecular weight is 1170 g/mol. The molecular weight excluding hydrogens is 1020 g/mol. The zero-order valence-electron chi connectivity index (χ0n) is 56.2. The molecule has 0 radical (unpaired) electrons. The minimum absolute atomic E-state index is 0.00438. The summed E-state index contributed by atoms with van der Waals surface area (Å²) in [5.74, 6) is -0.0559. The van der Waals surface area contributed by atoms with Crippen molar-refractivity contribution in [3.8, 4) is 0 Å². The van der Waals surface area contributed by atoms with E-state index in [1.54, 1.807) is 6.08 Å². The fourth-order valence-electron chi connectivity index (χ4n) is 11.9. The van der Waals surface area contributed by atoms with Crippen molar-refractivity contribution >= 4 is 11.9 Å². The van der Waals surface area contributed by atoms with Crippen LogP contribution in [0.1, 0.15) is 418 Å². The summed E-state index contributed by atoms with van der Waals surface area (Å²) in [6, 6.07) is -0.627. The number of carbonyl (C=O) groups is 2. The van der Waals surface area contributed by atoms with Gasteiger partial charge in [0.2, 0.25) is 5.91 Å². The van der Waals surface area contributed by atoms with Crippen LogP contribution >= 0.6 is 0 Å². The molecule has 0 fully saturated rings. The van der Waals surface area contributed by atoms with Crippen molar-refractivity contribution in [2.24, 2.45) is 0 Å². The summed E-state index contributed by atoms with van der Waals surface area (Å²) in [6.45, 7) is 4.90. The van der Waals surface area contributed by atoms with Gasteiger partial charge in [0.1, 0.15) is 0 Å². The molecule has 83 heavy (non-hydrogen) atoms. The van der Waals surface area contributed by atoms with Gasteiger partial charge in [-0.05, 0) is 57.8 Å². The Kier molecular flexibility index (Phi) is 70.9. The third kappa shape index (κ3) is 69.1. The molecule has 0 bridgehead atoms. The van der Waals surface area contributed by atoms with Gasteiger partial charge in [-0.2, -0.15) is 0 Å². The van der Waals surface area contributed by atoms with Crippen LogP contribution in [0.4, 0.5) is 0 Å². The fraction of sp³-hybridized carbons (Fsp3) is 0.896. The highest BCUT2D eigenvalue weighted by Gasteiger charge is 2.18. The Morgan fingerprint density at radius 3 is 0.952 bits per heavy atom. The highest BCUT2D eigenvalue weighted by atomic mass is 16.5. The van der Waals surface area contributed by atoms with Crippen LogP contribution in [-0.2, 0) is 14.3 Å². The van der Waals surface area contributed by atoms with Crippen molar-refractivity contribution in [2.45, 2.75) is 431 Å². The molecule has 0 aliphatic carbocycles. The first-order chi connectivity index (χ1) is 41.0. The average Bonchev–Trinajstić information content (AvgIpc) is 3.48. The molecule has 2 unspecified atom stereocenters. The van der Waals surface area contributed by atoms with Crippen molar-refractivity contribution in [3.63, 3.8) is 0 Å². The quantitative estimate of drug-likeness (QED) is 0.0320. The molecule has 6 heteroatoms. The number of hydrogen-bond donors (Lipinski definition) is 3. The number of unbranched alkanes of at least 4 members (excludes halogenated alkanes) is 56. The Labute approximate surface area is 519 Å². The van der Waals surface area contributed by atoms with E-state index in [2.05, 4.69) is 43.5 Å². The van der Waals surface area contributed by atoms with Gasteiger partial charge in [-0.3, -0.25) is 9.59 Å². The van der Waals surface area contributed by atoms with Gasteiger partial charge in [0.05, 0.1) is 25.4 Å². The highest BCUT2D eigenvalue weighted by Crippen LogP contribution is 2.19. The number of nitrogens with one attached hydrogen (secondary N) is 1. The number of aliphatic hydroxyl groups is 2. The standard InChI is InChI=1S/C77H147NO5/c1-3-5-7-9-11-13-15-17-19-20-21-22-23-30-33-36-39-42-45-49-53-57-61-65-69-75(80)74(73-79)78-76(81)70-66-62-58-54-50-46-43-40-37-34-31-28-26-24-25-27-29-32-35-38-41-44-48-52-56-60-64-68-72-83-77(82)71-67-63-59-55-51-47-18-16-14-12-10-8-6-4-2/h10,12,16,18,65,69,74-75,79-80H,3-9,11,13-15,17,19-64,66-68,70-73H2,1-2H3,(H,78,81)/b12-10-,18-16-,69-65+. The van der Waals surface area contributed by atoms with E-state index in [4.69, 9.17) is 4.74 Å². The maximum absolute atomic E-state index is 12.5. The summed E-state index contributed by atoms with van der Waals surface area (Å²) in [7, 11) is 0. The molecule has 0 saturated heterocycles. The van der Waals surface area contributed by atoms with Gasteiger partial charge in [0.15, 0.2) is 0 Å². The SMILES string of the molecule is CCCC/C=C\C/C=C\CCCCCCCC(=O)OCCCCCCCCCCCCCCCCCCCCCCCCCCCCCCC(=O)NC(CO)C(O)/C=C/CCCCCCCCCCCCCCCCCCCCCCCC. The number of amides is 1. The normalized spacial score (nSPS) is 12.7. The van der Waals surface area contributed by atoms with Crippen LogP contribution in [0.25, 0.3) is 0 Å².